The van der Waals surface area contributed by atoms with E-state index in [0.717, 1.165) is 29.1 Å². The van der Waals surface area contributed by atoms with Crippen molar-refractivity contribution in [1.29, 1.82) is 0 Å². The SMILES string of the molecule is C#CC1CC=C(c2ccc(OCOC)cc2)NC1=C. The number of rotatable bonds is 4. The van der Waals surface area contributed by atoms with Crippen LogP contribution in [0.15, 0.2) is 42.6 Å². The van der Waals surface area contributed by atoms with Crippen molar-refractivity contribution in [2.24, 2.45) is 5.92 Å². The second kappa shape index (κ2) is 6.12. The molecule has 0 amide bonds. The monoisotopic (exact) mass is 255 g/mol. The molecule has 0 saturated carbocycles. The van der Waals surface area contributed by atoms with Gasteiger partial charge in [0.1, 0.15) is 5.75 Å². The lowest BCUT2D eigenvalue weighted by Gasteiger charge is -2.23. The number of hydrogen-bond donors (Lipinski definition) is 1. The molecule has 1 heterocycles. The second-order valence-electron chi connectivity index (χ2n) is 4.30. The number of hydrogen-bond acceptors (Lipinski definition) is 3. The molecule has 1 N–H and O–H groups in total. The first kappa shape index (κ1) is 13.3. The lowest BCUT2D eigenvalue weighted by atomic mass is 9.96. The third kappa shape index (κ3) is 3.18. The van der Waals surface area contributed by atoms with E-state index in [-0.39, 0.29) is 12.7 Å². The van der Waals surface area contributed by atoms with Gasteiger partial charge in [0, 0.05) is 18.5 Å². The number of nitrogens with one attached hydrogen (secondary N) is 1. The van der Waals surface area contributed by atoms with Crippen LogP contribution in [0.25, 0.3) is 5.70 Å². The van der Waals surface area contributed by atoms with Gasteiger partial charge in [0.2, 0.25) is 0 Å². The van der Waals surface area contributed by atoms with Crippen LogP contribution >= 0.6 is 0 Å². The highest BCUT2D eigenvalue weighted by atomic mass is 16.7. The van der Waals surface area contributed by atoms with Crippen molar-refractivity contribution < 1.29 is 9.47 Å². The predicted octanol–water partition coefficient (Wildman–Crippen LogP) is 2.77. The van der Waals surface area contributed by atoms with Crippen LogP contribution in [-0.4, -0.2) is 13.9 Å². The average molecular weight is 255 g/mol. The first-order valence-electron chi connectivity index (χ1n) is 6.09. The third-order valence-electron chi connectivity index (χ3n) is 2.98. The lowest BCUT2D eigenvalue weighted by molar-refractivity contribution is 0.0511. The van der Waals surface area contributed by atoms with Gasteiger partial charge in [0.25, 0.3) is 0 Å². The fraction of sp³-hybridized carbons (Fsp3) is 0.250. The zero-order valence-corrected chi connectivity index (χ0v) is 11.0. The summed E-state index contributed by atoms with van der Waals surface area (Å²) in [6, 6.07) is 7.81. The van der Waals surface area contributed by atoms with Crippen molar-refractivity contribution in [1.82, 2.24) is 5.32 Å². The molecular weight excluding hydrogens is 238 g/mol. The Bertz CT molecular complexity index is 523. The molecule has 19 heavy (non-hydrogen) atoms. The smallest absolute Gasteiger partial charge is 0.188 e. The van der Waals surface area contributed by atoms with E-state index in [0.29, 0.717) is 0 Å². The summed E-state index contributed by atoms with van der Waals surface area (Å²) in [5.74, 6) is 3.57. The summed E-state index contributed by atoms with van der Waals surface area (Å²) in [6.07, 6.45) is 8.36. The Labute approximate surface area is 113 Å². The molecule has 0 radical (unpaired) electrons. The highest BCUT2D eigenvalue weighted by molar-refractivity contribution is 5.67. The van der Waals surface area contributed by atoms with Crippen LogP contribution in [0.2, 0.25) is 0 Å². The van der Waals surface area contributed by atoms with Gasteiger partial charge < -0.3 is 14.8 Å². The Morgan fingerprint density at radius 1 is 1.42 bits per heavy atom. The van der Waals surface area contributed by atoms with E-state index in [1.54, 1.807) is 7.11 Å². The summed E-state index contributed by atoms with van der Waals surface area (Å²) in [7, 11) is 1.60. The molecule has 0 bridgehead atoms. The highest BCUT2D eigenvalue weighted by Gasteiger charge is 2.16. The van der Waals surface area contributed by atoms with Crippen LogP contribution in [-0.2, 0) is 4.74 Å². The van der Waals surface area contributed by atoms with Crippen LogP contribution in [0.4, 0.5) is 0 Å². The Hall–Kier alpha value is -2.18. The molecular formula is C16H17NO2. The van der Waals surface area contributed by atoms with Crippen molar-refractivity contribution in [3.05, 3.63) is 48.2 Å². The third-order valence-corrected chi connectivity index (χ3v) is 2.98. The van der Waals surface area contributed by atoms with Gasteiger partial charge in [-0.15, -0.1) is 6.42 Å². The number of ether oxygens (including phenoxy) is 2. The minimum atomic E-state index is 0.0769. The molecule has 3 nitrogen and oxygen atoms in total. The summed E-state index contributed by atoms with van der Waals surface area (Å²) in [6.45, 7) is 4.22. The largest absolute Gasteiger partial charge is 0.468 e. The number of allylic oxidation sites excluding steroid dienone is 2. The number of methoxy groups -OCH3 is 1. The van der Waals surface area contributed by atoms with Gasteiger partial charge in [-0.25, -0.2) is 0 Å². The van der Waals surface area contributed by atoms with E-state index in [1.807, 2.05) is 24.3 Å². The van der Waals surface area contributed by atoms with Gasteiger partial charge in [0.05, 0.1) is 5.92 Å². The summed E-state index contributed by atoms with van der Waals surface area (Å²) >= 11 is 0. The molecule has 98 valence electrons. The second-order valence-corrected chi connectivity index (χ2v) is 4.30. The zero-order chi connectivity index (χ0) is 13.7. The van der Waals surface area contributed by atoms with E-state index < -0.39 is 0 Å². The van der Waals surface area contributed by atoms with E-state index in [1.165, 1.54) is 0 Å². The molecule has 0 aromatic heterocycles. The maximum atomic E-state index is 5.44. The molecule has 1 unspecified atom stereocenters. The van der Waals surface area contributed by atoms with Gasteiger partial charge in [-0.2, -0.15) is 0 Å². The standard InChI is InChI=1S/C16H17NO2/c1-4-13-7-10-16(17-12(13)2)14-5-8-15(9-6-14)19-11-18-3/h1,5-6,8-10,13,17H,2,7,11H2,3H3. The van der Waals surface area contributed by atoms with Gasteiger partial charge in [-0.05, 0) is 36.2 Å². The molecule has 1 aliphatic heterocycles. The van der Waals surface area contributed by atoms with Crippen molar-refractivity contribution in [2.75, 3.05) is 13.9 Å². The van der Waals surface area contributed by atoms with Crippen LogP contribution in [0.1, 0.15) is 12.0 Å². The number of benzene rings is 1. The summed E-state index contributed by atoms with van der Waals surface area (Å²) in [5, 5.41) is 3.25. The Morgan fingerprint density at radius 2 is 2.16 bits per heavy atom. The Balaban J connectivity index is 2.09. The minimum absolute atomic E-state index is 0.0769. The molecule has 0 spiro atoms. The fourth-order valence-electron chi connectivity index (χ4n) is 1.91. The first-order valence-corrected chi connectivity index (χ1v) is 6.09. The maximum absolute atomic E-state index is 5.44. The molecule has 2 rings (SSSR count). The van der Waals surface area contributed by atoms with Gasteiger partial charge in [0.15, 0.2) is 6.79 Å². The highest BCUT2D eigenvalue weighted by Crippen LogP contribution is 2.25. The molecule has 1 aromatic rings. The average Bonchev–Trinajstić information content (AvgIpc) is 2.45. The molecule has 1 aromatic carbocycles. The Kier molecular flexibility index (Phi) is 4.27. The molecule has 0 aliphatic carbocycles. The minimum Gasteiger partial charge on any atom is -0.468 e. The van der Waals surface area contributed by atoms with Crippen LogP contribution < -0.4 is 10.1 Å². The summed E-state index contributed by atoms with van der Waals surface area (Å²) in [4.78, 5) is 0. The van der Waals surface area contributed by atoms with Crippen molar-refractivity contribution in [3.8, 4) is 18.1 Å². The molecule has 1 aliphatic rings. The molecule has 3 heteroatoms. The molecule has 0 saturated heterocycles. The lowest BCUT2D eigenvalue weighted by Crippen LogP contribution is -2.21. The quantitative estimate of drug-likeness (QED) is 0.663. The fourth-order valence-corrected chi connectivity index (χ4v) is 1.91. The number of terminal acetylenes is 1. The summed E-state index contributed by atoms with van der Waals surface area (Å²) in [5.41, 5.74) is 3.00. The molecule has 1 atom stereocenters. The van der Waals surface area contributed by atoms with Crippen LogP contribution in [0.5, 0.6) is 5.75 Å². The van der Waals surface area contributed by atoms with Crippen molar-refractivity contribution in [2.45, 2.75) is 6.42 Å². The first-order chi connectivity index (χ1) is 9.24. The van der Waals surface area contributed by atoms with Crippen LogP contribution in [0.3, 0.4) is 0 Å². The van der Waals surface area contributed by atoms with E-state index in [9.17, 15) is 0 Å². The van der Waals surface area contributed by atoms with E-state index in [4.69, 9.17) is 15.9 Å². The maximum Gasteiger partial charge on any atom is 0.188 e. The van der Waals surface area contributed by atoms with E-state index >= 15 is 0 Å². The van der Waals surface area contributed by atoms with Gasteiger partial charge >= 0.3 is 0 Å². The van der Waals surface area contributed by atoms with Crippen molar-refractivity contribution >= 4 is 5.70 Å². The van der Waals surface area contributed by atoms with E-state index in [2.05, 4.69) is 23.9 Å². The summed E-state index contributed by atoms with van der Waals surface area (Å²) < 4.78 is 10.2. The topological polar surface area (TPSA) is 30.5 Å². The zero-order valence-electron chi connectivity index (χ0n) is 11.0. The predicted molar refractivity (Wildman–Crippen MR) is 76.1 cm³/mol. The van der Waals surface area contributed by atoms with Crippen molar-refractivity contribution in [3.63, 3.8) is 0 Å². The normalized spacial score (nSPS) is 18.2. The van der Waals surface area contributed by atoms with Gasteiger partial charge in [-0.1, -0.05) is 18.6 Å². The Morgan fingerprint density at radius 3 is 2.74 bits per heavy atom. The van der Waals surface area contributed by atoms with Gasteiger partial charge in [-0.3, -0.25) is 0 Å². The van der Waals surface area contributed by atoms with Crippen LogP contribution in [0, 0.1) is 18.3 Å². The molecule has 0 fully saturated rings.